The summed E-state index contributed by atoms with van der Waals surface area (Å²) in [6, 6.07) is 8.70. The summed E-state index contributed by atoms with van der Waals surface area (Å²) in [5, 5.41) is 6.70. The van der Waals surface area contributed by atoms with Gasteiger partial charge in [0.2, 0.25) is 11.8 Å². The summed E-state index contributed by atoms with van der Waals surface area (Å²) in [7, 11) is 0. The highest BCUT2D eigenvalue weighted by Gasteiger charge is 2.16. The van der Waals surface area contributed by atoms with Gasteiger partial charge in [-0.1, -0.05) is 17.3 Å². The number of anilines is 1. The van der Waals surface area contributed by atoms with Gasteiger partial charge in [0.1, 0.15) is 0 Å². The van der Waals surface area contributed by atoms with Crippen LogP contribution in [0.4, 0.5) is 5.69 Å². The van der Waals surface area contributed by atoms with E-state index in [9.17, 15) is 4.79 Å². The van der Waals surface area contributed by atoms with Crippen LogP contribution in [0.3, 0.4) is 0 Å². The fourth-order valence-electron chi connectivity index (χ4n) is 3.34. The summed E-state index contributed by atoms with van der Waals surface area (Å²) in [5.74, 6) is 1.16. The van der Waals surface area contributed by atoms with Gasteiger partial charge >= 0.3 is 0 Å². The lowest BCUT2D eigenvalue weighted by molar-refractivity contribution is -0.121. The van der Waals surface area contributed by atoms with Crippen molar-refractivity contribution < 1.29 is 9.32 Å². The molecule has 1 N–H and O–H groups in total. The van der Waals surface area contributed by atoms with E-state index in [1.54, 1.807) is 6.92 Å². The third-order valence-corrected chi connectivity index (χ3v) is 4.85. The Morgan fingerprint density at radius 1 is 1.22 bits per heavy atom. The van der Waals surface area contributed by atoms with Crippen LogP contribution in [0.15, 0.2) is 28.8 Å². The molecule has 0 bridgehead atoms. The average Bonchev–Trinajstić information content (AvgIpc) is 3.09. The van der Waals surface area contributed by atoms with Crippen molar-refractivity contribution in [3.63, 3.8) is 0 Å². The van der Waals surface area contributed by atoms with Gasteiger partial charge in [-0.2, -0.15) is 4.98 Å². The molecule has 1 aliphatic heterocycles. The number of piperazine rings is 1. The second-order valence-corrected chi connectivity index (χ2v) is 7.11. The summed E-state index contributed by atoms with van der Waals surface area (Å²) in [6.07, 6.45) is 1.85. The number of benzene rings is 1. The average molecular weight is 371 g/mol. The predicted octanol–water partition coefficient (Wildman–Crippen LogP) is 1.95. The van der Waals surface area contributed by atoms with E-state index in [0.717, 1.165) is 39.1 Å². The molecule has 146 valence electrons. The molecule has 1 saturated heterocycles. The van der Waals surface area contributed by atoms with Gasteiger partial charge < -0.3 is 14.7 Å². The van der Waals surface area contributed by atoms with E-state index >= 15 is 0 Å². The highest BCUT2D eigenvalue weighted by Crippen LogP contribution is 2.17. The Hall–Kier alpha value is -2.41. The molecule has 0 radical (unpaired) electrons. The van der Waals surface area contributed by atoms with Gasteiger partial charge in [-0.25, -0.2) is 0 Å². The third-order valence-electron chi connectivity index (χ3n) is 4.85. The van der Waals surface area contributed by atoms with Crippen molar-refractivity contribution >= 4 is 11.6 Å². The van der Waals surface area contributed by atoms with Crippen molar-refractivity contribution in [2.24, 2.45) is 0 Å². The molecule has 1 aromatic heterocycles. The minimum Gasteiger partial charge on any atom is -0.369 e. The van der Waals surface area contributed by atoms with Crippen LogP contribution in [0, 0.1) is 13.8 Å². The molecule has 27 heavy (non-hydrogen) atoms. The Labute approximate surface area is 160 Å². The number of nitrogens with zero attached hydrogens (tertiary/aromatic N) is 4. The van der Waals surface area contributed by atoms with Crippen LogP contribution in [0.1, 0.15) is 30.1 Å². The quantitative estimate of drug-likeness (QED) is 0.715. The topological polar surface area (TPSA) is 74.5 Å². The maximum absolute atomic E-state index is 11.9. The molecule has 0 aliphatic carbocycles. The van der Waals surface area contributed by atoms with Crippen molar-refractivity contribution in [1.82, 2.24) is 20.4 Å². The van der Waals surface area contributed by atoms with Gasteiger partial charge in [0.15, 0.2) is 5.82 Å². The van der Waals surface area contributed by atoms with Crippen LogP contribution in [0.5, 0.6) is 0 Å². The van der Waals surface area contributed by atoms with E-state index in [2.05, 4.69) is 56.4 Å². The molecular weight excluding hydrogens is 342 g/mol. The Kier molecular flexibility index (Phi) is 6.81. The first-order valence-electron chi connectivity index (χ1n) is 9.70. The molecule has 0 spiro atoms. The maximum Gasteiger partial charge on any atom is 0.227 e. The number of hydrogen-bond acceptors (Lipinski definition) is 6. The van der Waals surface area contributed by atoms with E-state index < -0.39 is 0 Å². The molecule has 3 rings (SSSR count). The summed E-state index contributed by atoms with van der Waals surface area (Å²) < 4.78 is 5.02. The van der Waals surface area contributed by atoms with E-state index in [-0.39, 0.29) is 5.91 Å². The van der Waals surface area contributed by atoms with Gasteiger partial charge in [0.05, 0.1) is 0 Å². The number of carbonyl (C=O) groups excluding carboxylic acids is 1. The monoisotopic (exact) mass is 371 g/mol. The zero-order chi connectivity index (χ0) is 19.1. The van der Waals surface area contributed by atoms with Crippen LogP contribution in [0.25, 0.3) is 0 Å². The predicted molar refractivity (Wildman–Crippen MR) is 105 cm³/mol. The van der Waals surface area contributed by atoms with Crippen LogP contribution >= 0.6 is 0 Å². The van der Waals surface area contributed by atoms with Gasteiger partial charge in [0, 0.05) is 51.3 Å². The lowest BCUT2D eigenvalue weighted by atomic mass is 10.2. The second kappa shape index (κ2) is 9.50. The van der Waals surface area contributed by atoms with Crippen molar-refractivity contribution in [3.05, 3.63) is 41.5 Å². The Balaban J connectivity index is 1.27. The lowest BCUT2D eigenvalue weighted by Crippen LogP contribution is -2.47. The molecule has 1 aliphatic rings. The summed E-state index contributed by atoms with van der Waals surface area (Å²) in [4.78, 5) is 20.9. The first kappa shape index (κ1) is 19.4. The van der Waals surface area contributed by atoms with Crippen molar-refractivity contribution in [2.45, 2.75) is 33.1 Å². The largest absolute Gasteiger partial charge is 0.369 e. The Morgan fingerprint density at radius 2 is 2.04 bits per heavy atom. The first-order chi connectivity index (χ1) is 13.1. The minimum atomic E-state index is 0.0371. The summed E-state index contributed by atoms with van der Waals surface area (Å²) >= 11 is 0. The summed E-state index contributed by atoms with van der Waals surface area (Å²) in [5.41, 5.74) is 2.62. The van der Waals surface area contributed by atoms with E-state index in [0.29, 0.717) is 31.1 Å². The van der Waals surface area contributed by atoms with Crippen LogP contribution in [0.2, 0.25) is 0 Å². The molecule has 0 unspecified atom stereocenters. The van der Waals surface area contributed by atoms with Crippen LogP contribution in [-0.4, -0.2) is 60.2 Å². The number of carbonyl (C=O) groups is 1. The molecule has 1 fully saturated rings. The lowest BCUT2D eigenvalue weighted by Gasteiger charge is -2.36. The molecule has 2 aromatic rings. The molecule has 2 heterocycles. The Morgan fingerprint density at radius 3 is 2.74 bits per heavy atom. The van der Waals surface area contributed by atoms with E-state index in [1.165, 1.54) is 11.3 Å². The molecule has 0 saturated carbocycles. The van der Waals surface area contributed by atoms with Crippen LogP contribution in [-0.2, 0) is 11.2 Å². The molecule has 0 atom stereocenters. The second-order valence-electron chi connectivity index (χ2n) is 7.11. The smallest absolute Gasteiger partial charge is 0.227 e. The highest BCUT2D eigenvalue weighted by atomic mass is 16.5. The van der Waals surface area contributed by atoms with Crippen molar-refractivity contribution in [2.75, 3.05) is 44.2 Å². The minimum absolute atomic E-state index is 0.0371. The molecule has 7 nitrogen and oxygen atoms in total. The molecule has 1 aromatic carbocycles. The van der Waals surface area contributed by atoms with Gasteiger partial charge in [-0.15, -0.1) is 0 Å². The molecule has 7 heteroatoms. The number of amides is 1. The molecule has 1 amide bonds. The fourth-order valence-corrected chi connectivity index (χ4v) is 3.34. The van der Waals surface area contributed by atoms with Crippen LogP contribution < -0.4 is 10.2 Å². The van der Waals surface area contributed by atoms with Gasteiger partial charge in [-0.05, 0) is 44.5 Å². The zero-order valence-corrected chi connectivity index (χ0v) is 16.3. The molecular formula is C20H29N5O2. The number of hydrogen-bond donors (Lipinski definition) is 1. The number of aromatic nitrogens is 2. The fraction of sp³-hybridized carbons (Fsp3) is 0.550. The van der Waals surface area contributed by atoms with Crippen molar-refractivity contribution in [3.8, 4) is 0 Å². The van der Waals surface area contributed by atoms with Crippen molar-refractivity contribution in [1.29, 1.82) is 0 Å². The third kappa shape index (κ3) is 6.06. The number of rotatable bonds is 8. The normalized spacial score (nSPS) is 15.1. The SMILES string of the molecule is Cc1cccc(N2CCN(CCCNC(=O)CCc3nc(C)no3)CC2)c1. The van der Waals surface area contributed by atoms with E-state index in [1.807, 2.05) is 0 Å². The first-order valence-corrected chi connectivity index (χ1v) is 9.70. The van der Waals surface area contributed by atoms with E-state index in [4.69, 9.17) is 4.52 Å². The number of aryl methyl sites for hydroxylation is 3. The zero-order valence-electron chi connectivity index (χ0n) is 16.3. The van der Waals surface area contributed by atoms with Gasteiger partial charge in [0.25, 0.3) is 0 Å². The van der Waals surface area contributed by atoms with Gasteiger partial charge in [-0.3, -0.25) is 9.69 Å². The summed E-state index contributed by atoms with van der Waals surface area (Å²) in [6.45, 7) is 9.88. The number of nitrogens with one attached hydrogen (secondary N) is 1. The maximum atomic E-state index is 11.9. The standard InChI is InChI=1S/C20H29N5O2/c1-16-5-3-6-18(15-16)25-13-11-24(12-14-25)10-4-9-21-19(26)7-8-20-22-17(2)23-27-20/h3,5-6,15H,4,7-14H2,1-2H3,(H,21,26). The Bertz CT molecular complexity index is 737. The highest BCUT2D eigenvalue weighted by molar-refractivity contribution is 5.75.